The van der Waals surface area contributed by atoms with Crippen LogP contribution in [-0.2, 0) is 15.4 Å². The van der Waals surface area contributed by atoms with Crippen molar-refractivity contribution in [2.75, 3.05) is 27.2 Å². The first-order chi connectivity index (χ1) is 9.83. The van der Waals surface area contributed by atoms with E-state index in [-0.39, 0.29) is 10.8 Å². The smallest absolute Gasteiger partial charge is 0.240 e. The highest BCUT2D eigenvalue weighted by molar-refractivity contribution is 7.89. The maximum atomic E-state index is 12.4. The maximum absolute atomic E-state index is 12.4. The van der Waals surface area contributed by atoms with Crippen molar-refractivity contribution < 1.29 is 8.42 Å². The van der Waals surface area contributed by atoms with Crippen LogP contribution in [0.2, 0.25) is 0 Å². The largest absolute Gasteiger partial charge is 0.309 e. The van der Waals surface area contributed by atoms with Crippen molar-refractivity contribution in [1.82, 2.24) is 9.62 Å². The Morgan fingerprint density at radius 1 is 1.00 bits per heavy atom. The van der Waals surface area contributed by atoms with E-state index in [2.05, 4.69) is 44.2 Å². The van der Waals surface area contributed by atoms with E-state index in [1.807, 2.05) is 26.2 Å². The van der Waals surface area contributed by atoms with Crippen LogP contribution >= 0.6 is 0 Å². The minimum atomic E-state index is -3.46. The van der Waals surface area contributed by atoms with Gasteiger partial charge in [-0.3, -0.25) is 0 Å². The van der Waals surface area contributed by atoms with Gasteiger partial charge in [-0.2, -0.15) is 0 Å². The Hall–Kier alpha value is -0.910. The maximum Gasteiger partial charge on any atom is 0.240 e. The molecule has 1 N–H and O–H groups in total. The van der Waals surface area contributed by atoms with E-state index in [1.54, 1.807) is 12.1 Å². The second-order valence-corrected chi connectivity index (χ2v) is 9.77. The van der Waals surface area contributed by atoms with Gasteiger partial charge in [-0.05, 0) is 42.6 Å². The number of rotatable bonds is 6. The molecular weight excluding hydrogens is 296 g/mol. The summed E-state index contributed by atoms with van der Waals surface area (Å²) < 4.78 is 27.5. The van der Waals surface area contributed by atoms with E-state index in [0.29, 0.717) is 11.4 Å². The molecule has 0 amide bonds. The normalized spacial score (nSPS) is 13.6. The molecule has 0 aliphatic heterocycles. The molecule has 0 bridgehead atoms. The monoisotopic (exact) mass is 326 g/mol. The summed E-state index contributed by atoms with van der Waals surface area (Å²) in [4.78, 5) is 2.38. The van der Waals surface area contributed by atoms with Gasteiger partial charge in [0.05, 0.1) is 4.90 Å². The van der Waals surface area contributed by atoms with Gasteiger partial charge in [0.25, 0.3) is 0 Å². The Kier molecular flexibility index (Phi) is 5.82. The zero-order valence-corrected chi connectivity index (χ0v) is 15.7. The summed E-state index contributed by atoms with van der Waals surface area (Å²) in [5, 5.41) is 0. The summed E-state index contributed by atoms with van der Waals surface area (Å²) in [6.07, 6.45) is 0. The molecule has 1 aromatic rings. The van der Waals surface area contributed by atoms with Crippen LogP contribution in [-0.4, -0.2) is 40.5 Å². The van der Waals surface area contributed by atoms with E-state index < -0.39 is 10.0 Å². The van der Waals surface area contributed by atoms with Gasteiger partial charge < -0.3 is 4.90 Å². The molecule has 1 aromatic carbocycles. The molecule has 0 radical (unpaired) electrons. The Morgan fingerprint density at radius 3 is 1.91 bits per heavy atom. The average Bonchev–Trinajstić information content (AvgIpc) is 2.34. The molecule has 0 fully saturated rings. The van der Waals surface area contributed by atoms with Gasteiger partial charge in [-0.25, -0.2) is 13.1 Å². The predicted molar refractivity (Wildman–Crippen MR) is 92.7 cm³/mol. The summed E-state index contributed by atoms with van der Waals surface area (Å²) in [6, 6.07) is 7.14. The molecule has 0 aliphatic carbocycles. The molecular formula is C17H30N2O2S. The lowest BCUT2D eigenvalue weighted by atomic mass is 9.87. The number of hydrogen-bond donors (Lipinski definition) is 1. The lowest BCUT2D eigenvalue weighted by molar-refractivity contribution is 0.242. The van der Waals surface area contributed by atoms with Crippen LogP contribution in [0, 0.1) is 5.41 Å². The molecule has 126 valence electrons. The van der Waals surface area contributed by atoms with Crippen LogP contribution in [0.15, 0.2) is 29.2 Å². The molecule has 0 saturated carbocycles. The van der Waals surface area contributed by atoms with Crippen molar-refractivity contribution in [3.8, 4) is 0 Å². The quantitative estimate of drug-likeness (QED) is 0.874. The fourth-order valence-corrected chi connectivity index (χ4v) is 3.66. The molecule has 0 aliphatic rings. The number of hydrogen-bond acceptors (Lipinski definition) is 3. The topological polar surface area (TPSA) is 49.4 Å². The van der Waals surface area contributed by atoms with Crippen molar-refractivity contribution in [3.05, 3.63) is 29.8 Å². The summed E-state index contributed by atoms with van der Waals surface area (Å²) in [5.41, 5.74) is 1.02. The van der Waals surface area contributed by atoms with Crippen LogP contribution in [0.3, 0.4) is 0 Å². The van der Waals surface area contributed by atoms with Gasteiger partial charge in [0.15, 0.2) is 0 Å². The highest BCUT2D eigenvalue weighted by Gasteiger charge is 2.23. The lowest BCUT2D eigenvalue weighted by Gasteiger charge is -2.28. The highest BCUT2D eigenvalue weighted by Crippen LogP contribution is 2.23. The molecule has 0 atom stereocenters. The van der Waals surface area contributed by atoms with Crippen LogP contribution < -0.4 is 4.72 Å². The van der Waals surface area contributed by atoms with Crippen molar-refractivity contribution in [2.24, 2.45) is 5.41 Å². The Labute approximate surface area is 136 Å². The molecule has 0 saturated heterocycles. The fourth-order valence-electron chi connectivity index (χ4n) is 2.42. The van der Waals surface area contributed by atoms with Crippen LogP contribution in [0.1, 0.15) is 40.2 Å². The van der Waals surface area contributed by atoms with Crippen molar-refractivity contribution >= 4 is 10.0 Å². The van der Waals surface area contributed by atoms with Gasteiger partial charge in [0.1, 0.15) is 0 Å². The fraction of sp³-hybridized carbons (Fsp3) is 0.647. The van der Waals surface area contributed by atoms with Crippen molar-refractivity contribution in [3.63, 3.8) is 0 Å². The Balaban J connectivity index is 2.83. The Morgan fingerprint density at radius 2 is 1.50 bits per heavy atom. The summed E-state index contributed by atoms with van der Waals surface area (Å²) >= 11 is 0. The zero-order valence-electron chi connectivity index (χ0n) is 14.9. The molecule has 1 rings (SSSR count). The van der Waals surface area contributed by atoms with Gasteiger partial charge in [0.2, 0.25) is 10.0 Å². The molecule has 0 heterocycles. The van der Waals surface area contributed by atoms with Crippen LogP contribution in [0.5, 0.6) is 0 Å². The van der Waals surface area contributed by atoms with Crippen LogP contribution in [0.25, 0.3) is 0 Å². The van der Waals surface area contributed by atoms with Gasteiger partial charge in [-0.1, -0.05) is 46.8 Å². The van der Waals surface area contributed by atoms with Gasteiger partial charge in [0, 0.05) is 13.1 Å². The van der Waals surface area contributed by atoms with Crippen molar-refractivity contribution in [2.45, 2.75) is 44.9 Å². The second-order valence-electron chi connectivity index (χ2n) is 8.00. The summed E-state index contributed by atoms with van der Waals surface area (Å²) in [7, 11) is 0.515. The predicted octanol–water partition coefficient (Wildman–Crippen LogP) is 2.85. The third kappa shape index (κ3) is 5.71. The second kappa shape index (κ2) is 6.69. The Bertz CT molecular complexity index is 582. The van der Waals surface area contributed by atoms with Crippen LogP contribution in [0.4, 0.5) is 0 Å². The van der Waals surface area contributed by atoms with E-state index >= 15 is 0 Å². The van der Waals surface area contributed by atoms with E-state index in [1.165, 1.54) is 0 Å². The first-order valence-corrected chi connectivity index (χ1v) is 9.07. The number of nitrogens with one attached hydrogen (secondary N) is 1. The van der Waals surface area contributed by atoms with Gasteiger partial charge in [-0.15, -0.1) is 0 Å². The van der Waals surface area contributed by atoms with Crippen molar-refractivity contribution in [1.29, 1.82) is 0 Å². The molecule has 22 heavy (non-hydrogen) atoms. The van der Waals surface area contributed by atoms with E-state index in [4.69, 9.17) is 0 Å². The van der Waals surface area contributed by atoms with Gasteiger partial charge >= 0.3 is 0 Å². The minimum Gasteiger partial charge on any atom is -0.309 e. The third-order valence-corrected chi connectivity index (χ3v) is 4.93. The molecule has 0 unspecified atom stereocenters. The molecule has 0 spiro atoms. The number of nitrogens with zero attached hydrogens (tertiary/aromatic N) is 1. The first-order valence-electron chi connectivity index (χ1n) is 7.58. The number of sulfonamides is 1. The standard InChI is InChI=1S/C17H30N2O2S/c1-16(2,3)14-8-10-15(11-9-14)22(20,21)18-12-17(4,5)13-19(6)7/h8-11,18H,12-13H2,1-7H3. The number of benzene rings is 1. The summed E-state index contributed by atoms with van der Waals surface area (Å²) in [6.45, 7) is 11.7. The highest BCUT2D eigenvalue weighted by atomic mass is 32.2. The SMILES string of the molecule is CN(C)CC(C)(C)CNS(=O)(=O)c1ccc(C(C)(C)C)cc1. The molecule has 4 nitrogen and oxygen atoms in total. The average molecular weight is 327 g/mol. The third-order valence-electron chi connectivity index (χ3n) is 3.52. The minimum absolute atomic E-state index is 0.0173. The van der Waals surface area contributed by atoms with E-state index in [9.17, 15) is 8.42 Å². The molecule has 5 heteroatoms. The van der Waals surface area contributed by atoms with E-state index in [0.717, 1.165) is 12.1 Å². The lowest BCUT2D eigenvalue weighted by Crippen LogP contribution is -2.39. The molecule has 0 aromatic heterocycles. The summed E-state index contributed by atoms with van der Waals surface area (Å²) in [5.74, 6) is 0. The zero-order chi connectivity index (χ0) is 17.2. The first kappa shape index (κ1) is 19.1.